The Labute approximate surface area is 284 Å². The first kappa shape index (κ1) is 29.1. The molecule has 0 saturated heterocycles. The number of hydrogen-bond donors (Lipinski definition) is 0. The maximum atomic E-state index is 16.1. The van der Waals surface area contributed by atoms with Crippen LogP contribution in [0.4, 0.5) is 0 Å². The molecule has 0 fully saturated rings. The minimum atomic E-state index is -3.31. The molecule has 6 aromatic carbocycles. The van der Waals surface area contributed by atoms with Gasteiger partial charge in [0.1, 0.15) is 0 Å². The highest BCUT2D eigenvalue weighted by molar-refractivity contribution is 8.02. The Morgan fingerprint density at radius 3 is 1.69 bits per heavy atom. The molecular formula is C42H30N3OPS. The van der Waals surface area contributed by atoms with Crippen LogP contribution in [0, 0.1) is 0 Å². The largest absolute Gasteiger partial charge is 0.309 e. The maximum Gasteiger partial charge on any atom is 0.173 e. The Kier molecular flexibility index (Phi) is 6.65. The summed E-state index contributed by atoms with van der Waals surface area (Å²) in [5.74, 6) is 1.74. The second-order valence-electron chi connectivity index (χ2n) is 12.8. The number of fused-ring (bicyclic) bond motifs is 5. The molecule has 0 bridgehead atoms. The fourth-order valence-electron chi connectivity index (χ4n) is 7.14. The zero-order valence-electron chi connectivity index (χ0n) is 26.5. The monoisotopic (exact) mass is 655 g/mol. The third-order valence-corrected chi connectivity index (χ3v) is 14.2. The van der Waals surface area contributed by atoms with E-state index < -0.39 is 7.14 Å². The van der Waals surface area contributed by atoms with Crippen LogP contribution in [0.15, 0.2) is 155 Å². The van der Waals surface area contributed by atoms with Gasteiger partial charge in [0, 0.05) is 47.8 Å². The van der Waals surface area contributed by atoms with E-state index in [2.05, 4.69) is 68.4 Å². The Morgan fingerprint density at radius 1 is 0.500 bits per heavy atom. The first-order valence-corrected chi connectivity index (χ1v) is 18.6. The summed E-state index contributed by atoms with van der Waals surface area (Å²) in [4.78, 5) is 16.9. The van der Waals surface area contributed by atoms with Crippen LogP contribution in [0.1, 0.15) is 25.0 Å². The Morgan fingerprint density at radius 2 is 1.04 bits per heavy atom. The van der Waals surface area contributed by atoms with Gasteiger partial charge >= 0.3 is 0 Å². The summed E-state index contributed by atoms with van der Waals surface area (Å²) in [6, 6.07) is 49.3. The Hall–Kier alpha value is -5.09. The van der Waals surface area contributed by atoms with E-state index in [9.17, 15) is 0 Å². The number of aromatic nitrogens is 3. The van der Waals surface area contributed by atoms with Gasteiger partial charge in [-0.25, -0.2) is 15.0 Å². The smallest absolute Gasteiger partial charge is 0.173 e. The summed E-state index contributed by atoms with van der Waals surface area (Å²) in [6.07, 6.45) is 0. The quantitative estimate of drug-likeness (QED) is 0.177. The molecule has 0 amide bonds. The summed E-state index contributed by atoms with van der Waals surface area (Å²) < 4.78 is 16.1. The predicted molar refractivity (Wildman–Crippen MR) is 197 cm³/mol. The molecule has 7 aromatic rings. The lowest BCUT2D eigenvalue weighted by molar-refractivity contribution is 0.591. The molecule has 0 spiro atoms. The van der Waals surface area contributed by atoms with Crippen LogP contribution in [0.25, 0.3) is 45.3 Å². The minimum Gasteiger partial charge on any atom is -0.309 e. The Bertz CT molecular complexity index is 2370. The van der Waals surface area contributed by atoms with Gasteiger partial charge in [0.25, 0.3) is 0 Å². The SMILES string of the molecule is CC1(C)c2ccccc2-c2cc3c(cc21)P(=O)(c1ccccc1)c1cc(-c2nc(-c4ccccc4)nc(-c4ccccc4)n2)ccc1S3. The van der Waals surface area contributed by atoms with E-state index in [-0.39, 0.29) is 5.41 Å². The molecule has 0 N–H and O–H groups in total. The van der Waals surface area contributed by atoms with Gasteiger partial charge in [-0.3, -0.25) is 0 Å². The third-order valence-electron chi connectivity index (χ3n) is 9.60. The molecular weight excluding hydrogens is 626 g/mol. The summed E-state index contributed by atoms with van der Waals surface area (Å²) >= 11 is 1.70. The third kappa shape index (κ3) is 4.46. The molecule has 0 radical (unpaired) electrons. The number of nitrogens with zero attached hydrogens (tertiary/aromatic N) is 3. The van der Waals surface area contributed by atoms with E-state index in [1.807, 2.05) is 91.0 Å². The van der Waals surface area contributed by atoms with E-state index in [4.69, 9.17) is 15.0 Å². The second kappa shape index (κ2) is 11.0. The summed E-state index contributed by atoms with van der Waals surface area (Å²) in [5.41, 5.74) is 7.43. The highest BCUT2D eigenvalue weighted by Gasteiger charge is 2.43. The van der Waals surface area contributed by atoms with Crippen molar-refractivity contribution in [3.8, 4) is 45.3 Å². The van der Waals surface area contributed by atoms with Gasteiger partial charge in [0.2, 0.25) is 0 Å². The zero-order chi connectivity index (χ0) is 32.5. The van der Waals surface area contributed by atoms with Crippen LogP contribution in [-0.4, -0.2) is 15.0 Å². The number of benzene rings is 6. The summed E-state index contributed by atoms with van der Waals surface area (Å²) in [6.45, 7) is 4.55. The summed E-state index contributed by atoms with van der Waals surface area (Å²) in [5, 5.41) is 2.54. The zero-order valence-corrected chi connectivity index (χ0v) is 28.2. The molecule has 6 heteroatoms. The van der Waals surface area contributed by atoms with Crippen molar-refractivity contribution in [3.63, 3.8) is 0 Å². The van der Waals surface area contributed by atoms with Crippen molar-refractivity contribution >= 4 is 34.8 Å². The van der Waals surface area contributed by atoms with Crippen molar-refractivity contribution in [2.45, 2.75) is 29.1 Å². The van der Waals surface area contributed by atoms with Crippen LogP contribution >= 0.6 is 18.9 Å². The molecule has 1 aliphatic carbocycles. The lowest BCUT2D eigenvalue weighted by Crippen LogP contribution is -2.31. The van der Waals surface area contributed by atoms with Gasteiger partial charge in [-0.15, -0.1) is 0 Å². The topological polar surface area (TPSA) is 55.7 Å². The van der Waals surface area contributed by atoms with E-state index >= 15 is 4.57 Å². The van der Waals surface area contributed by atoms with Gasteiger partial charge < -0.3 is 4.57 Å². The van der Waals surface area contributed by atoms with Gasteiger partial charge in [0.05, 0.1) is 0 Å². The van der Waals surface area contributed by atoms with Crippen molar-refractivity contribution in [2.24, 2.45) is 0 Å². The number of hydrogen-bond acceptors (Lipinski definition) is 5. The molecule has 9 rings (SSSR count). The van der Waals surface area contributed by atoms with E-state index in [1.54, 1.807) is 11.8 Å². The van der Waals surface area contributed by atoms with Gasteiger partial charge in [-0.2, -0.15) is 0 Å². The minimum absolute atomic E-state index is 0.207. The number of rotatable bonds is 4. The molecule has 48 heavy (non-hydrogen) atoms. The van der Waals surface area contributed by atoms with Gasteiger partial charge in [-0.05, 0) is 46.5 Å². The van der Waals surface area contributed by atoms with E-state index in [1.165, 1.54) is 22.3 Å². The van der Waals surface area contributed by atoms with Gasteiger partial charge in [-0.1, -0.05) is 147 Å². The molecule has 1 atom stereocenters. The predicted octanol–water partition coefficient (Wildman–Crippen LogP) is 9.28. The second-order valence-corrected chi connectivity index (χ2v) is 16.6. The normalized spacial score (nSPS) is 16.8. The lowest BCUT2D eigenvalue weighted by Gasteiger charge is -2.31. The molecule has 2 aliphatic rings. The van der Waals surface area contributed by atoms with Crippen molar-refractivity contribution in [2.75, 3.05) is 0 Å². The molecule has 2 heterocycles. The molecule has 1 aromatic heterocycles. The highest BCUT2D eigenvalue weighted by Crippen LogP contribution is 2.57. The standard InChI is InChI=1S/C42H30N3OPS/c1-42(2)33-21-13-12-20-31(33)32-25-38-36(26-34(32)42)47(46,30-18-10-5-11-19-30)35-24-29(22-23-37(35)48-38)41-44-39(27-14-6-3-7-15-27)43-40(45-41)28-16-8-4-9-17-28/h3-26H,1-2H3. The average molecular weight is 656 g/mol. The van der Waals surface area contributed by atoms with Crippen molar-refractivity contribution in [1.82, 2.24) is 15.0 Å². The van der Waals surface area contributed by atoms with Crippen molar-refractivity contribution in [1.29, 1.82) is 0 Å². The Balaban J connectivity index is 1.26. The molecule has 1 unspecified atom stereocenters. The van der Waals surface area contributed by atoms with Crippen LogP contribution in [-0.2, 0) is 9.98 Å². The van der Waals surface area contributed by atoms with Crippen molar-refractivity contribution in [3.05, 3.63) is 157 Å². The van der Waals surface area contributed by atoms with Crippen LogP contribution < -0.4 is 15.9 Å². The van der Waals surface area contributed by atoms with Crippen molar-refractivity contribution < 1.29 is 4.57 Å². The molecule has 230 valence electrons. The molecule has 1 aliphatic heterocycles. The summed E-state index contributed by atoms with van der Waals surface area (Å²) in [7, 11) is -3.31. The van der Waals surface area contributed by atoms with E-state index in [0.717, 1.165) is 42.4 Å². The van der Waals surface area contributed by atoms with Crippen LogP contribution in [0.2, 0.25) is 0 Å². The molecule has 0 saturated carbocycles. The first-order valence-electron chi connectivity index (χ1n) is 16.1. The fourth-order valence-corrected chi connectivity index (χ4v) is 11.9. The van der Waals surface area contributed by atoms with Gasteiger partial charge in [0.15, 0.2) is 24.6 Å². The maximum absolute atomic E-state index is 16.1. The fraction of sp³-hybridized carbons (Fsp3) is 0.0714. The van der Waals surface area contributed by atoms with Crippen LogP contribution in [0.5, 0.6) is 0 Å². The van der Waals surface area contributed by atoms with Crippen LogP contribution in [0.3, 0.4) is 0 Å². The average Bonchev–Trinajstić information content (AvgIpc) is 3.37. The lowest BCUT2D eigenvalue weighted by atomic mass is 9.82. The molecule has 4 nitrogen and oxygen atoms in total. The highest BCUT2D eigenvalue weighted by atomic mass is 32.2. The first-order chi connectivity index (χ1) is 23.4. The van der Waals surface area contributed by atoms with E-state index in [0.29, 0.717) is 17.5 Å².